The third-order valence-electron chi connectivity index (χ3n) is 26.0. The van der Waals surface area contributed by atoms with E-state index in [0.29, 0.717) is 90.0 Å². The van der Waals surface area contributed by atoms with E-state index in [0.717, 1.165) is 5.56 Å². The van der Waals surface area contributed by atoms with Gasteiger partial charge < -0.3 is 147 Å². The molecule has 46 nitrogen and oxygen atoms in total. The molecule has 1 fully saturated rings. The van der Waals surface area contributed by atoms with Crippen molar-refractivity contribution in [2.45, 2.75) is 372 Å². The number of rotatable bonds is 71. The van der Waals surface area contributed by atoms with Crippen LogP contribution in [0.25, 0.3) is 0 Å². The lowest BCUT2D eigenvalue weighted by Crippen LogP contribution is -2.62. The van der Waals surface area contributed by atoms with Gasteiger partial charge in [0.2, 0.25) is 94.5 Å². The lowest BCUT2D eigenvalue weighted by atomic mass is 9.94. The highest BCUT2D eigenvalue weighted by atomic mass is 16.5. The molecular weight excluding hydrogens is 1860 g/mol. The Kier molecular flexibility index (Phi) is 63.9. The monoisotopic (exact) mass is 2040 g/mol. The minimum Gasteiger partial charge on any atom is -0.458 e. The number of likely N-dealkylation sites (N-methyl/N-ethyl adjacent to an activating group) is 1. The van der Waals surface area contributed by atoms with Crippen LogP contribution in [0.15, 0.2) is 35.3 Å². The minimum atomic E-state index is -1.85. The molecule has 16 amide bonds. The molecule has 818 valence electrons. The second-order valence-electron chi connectivity index (χ2n) is 38.3. The van der Waals surface area contributed by atoms with Crippen LogP contribution in [-0.2, 0) is 97.5 Å². The maximum absolute atomic E-state index is 15.3. The number of nitrogens with two attached hydrogens (primary N) is 9. The van der Waals surface area contributed by atoms with E-state index in [9.17, 15) is 81.8 Å². The molecule has 0 aromatic heterocycles. The van der Waals surface area contributed by atoms with Crippen molar-refractivity contribution in [1.82, 2.24) is 85.1 Å². The van der Waals surface area contributed by atoms with Crippen molar-refractivity contribution in [3.8, 4) is 0 Å². The van der Waals surface area contributed by atoms with Gasteiger partial charge in [-0.25, -0.2) is 4.79 Å². The van der Waals surface area contributed by atoms with Crippen LogP contribution < -0.4 is 137 Å². The number of aliphatic hydroxyl groups is 1. The number of ether oxygens (including phenoxy) is 1. The van der Waals surface area contributed by atoms with Gasteiger partial charge in [0.25, 0.3) is 0 Å². The summed E-state index contributed by atoms with van der Waals surface area (Å²) in [4.78, 5) is 262. The van der Waals surface area contributed by atoms with Gasteiger partial charge in [-0.15, -0.1) is 0 Å². The van der Waals surface area contributed by atoms with Crippen LogP contribution in [0.4, 0.5) is 0 Å². The van der Waals surface area contributed by atoms with E-state index >= 15 is 9.59 Å². The Morgan fingerprint density at radius 1 is 0.438 bits per heavy atom. The van der Waals surface area contributed by atoms with Crippen molar-refractivity contribution in [3.63, 3.8) is 0 Å². The average Bonchev–Trinajstić information content (AvgIpc) is 1.44. The summed E-state index contributed by atoms with van der Waals surface area (Å²) in [6.07, 6.45) is 3.35. The van der Waals surface area contributed by atoms with Crippen LogP contribution >= 0.6 is 0 Å². The first-order valence-corrected chi connectivity index (χ1v) is 51.6. The maximum atomic E-state index is 15.3. The van der Waals surface area contributed by atoms with Crippen molar-refractivity contribution in [2.75, 3.05) is 59.5 Å². The van der Waals surface area contributed by atoms with Crippen molar-refractivity contribution in [3.05, 3.63) is 35.9 Å². The van der Waals surface area contributed by atoms with Crippen LogP contribution in [0.3, 0.4) is 0 Å². The largest absolute Gasteiger partial charge is 0.458 e. The number of nitrogens with one attached hydrogen (secondary N) is 16. The van der Waals surface area contributed by atoms with E-state index in [1.54, 1.807) is 62.4 Å². The molecule has 1 aromatic rings. The summed E-state index contributed by atoms with van der Waals surface area (Å²) < 4.78 is 5.82. The number of benzene rings is 1. The molecule has 0 saturated carbocycles. The van der Waals surface area contributed by atoms with Gasteiger partial charge in [0.15, 0.2) is 11.7 Å². The minimum absolute atomic E-state index is 0.0215. The number of unbranched alkanes of at least 4 members (excludes halogenated alkanes) is 6. The van der Waals surface area contributed by atoms with E-state index in [1.165, 1.54) is 13.8 Å². The predicted octanol–water partition coefficient (Wildman–Crippen LogP) is -3.05. The van der Waals surface area contributed by atoms with E-state index in [1.807, 2.05) is 44.2 Å². The van der Waals surface area contributed by atoms with Gasteiger partial charge in [0.1, 0.15) is 90.7 Å². The maximum Gasteiger partial charge on any atom is 0.329 e. The quantitative estimate of drug-likeness (QED) is 0.0133. The standard InChI is InChI=1S/C98H176N26O20/c1-14-57(7)77(121-91(137)72(108-13)54-63-34-19-18-20-35-63)94(140)117-70(42-26-32-50-109-84(130)65(37-21-27-45-99)112-86(132)67(39-23-29-47-101)114-88(134)69(41-25-31-49-103)115-87(133)68(40-24-30-48-102)113-85(131)66(38-22-28-46-100)111-83(129)64(104)36-33-51-110-98(106)107)89(135)116-71(43-44-76(105)127)90(136)120-79(59(9)16-3)96(142)122-78(58(8)15-2)95(141)119-74(55-125)93(139)124-81-62(12)144-97(143)80(60(10)17-4)123-92(138)73(52-56(5)6)118-82(128)61(11)53-75(81)126/h18-20,34-35,56-62,64-74,77-81,108,125H,14-17,21-33,36-55,99-104H2,1-13H3,(H2,105,127)(H,109,130)(H,111,129)(H,112,132)(H,113,131)(H,114,134)(H,115,133)(H,116,135)(H,117,140)(H,118,128)(H,119,141)(H,120,136)(H,121,137)(H,122,142)(H,123,138)(H,124,139)(H4,106,107,110)/t57-,58-,59+,60-,61+,62-,64-,65-,66-,67-,68-,69-,70-,71+,72+,73-,74-,77-,78-,79+,80-,81+/m0/s1. The summed E-state index contributed by atoms with van der Waals surface area (Å²) in [5.41, 5.74) is 53.1. The highest BCUT2D eigenvalue weighted by Gasteiger charge is 2.43. The molecule has 0 unspecified atom stereocenters. The zero-order valence-corrected chi connectivity index (χ0v) is 87.2. The summed E-state index contributed by atoms with van der Waals surface area (Å²) >= 11 is 0. The summed E-state index contributed by atoms with van der Waals surface area (Å²) in [5.74, 6) is -18.6. The number of carbonyl (C=O) groups is 18. The van der Waals surface area contributed by atoms with Gasteiger partial charge in [0.05, 0.1) is 18.7 Å². The third-order valence-corrected chi connectivity index (χ3v) is 26.0. The fourth-order valence-corrected chi connectivity index (χ4v) is 16.0. The smallest absolute Gasteiger partial charge is 0.329 e. The Hall–Kier alpha value is -11.2. The average molecular weight is 2040 g/mol. The summed E-state index contributed by atoms with van der Waals surface area (Å²) in [5, 5.41) is 54.7. The van der Waals surface area contributed by atoms with Crippen molar-refractivity contribution >= 4 is 112 Å². The Morgan fingerprint density at radius 2 is 0.812 bits per heavy atom. The molecule has 0 aliphatic carbocycles. The molecule has 2 rings (SSSR count). The predicted molar refractivity (Wildman–Crippen MR) is 546 cm³/mol. The number of aliphatic hydroxyl groups excluding tert-OH is 1. The molecular formula is C98H176N26O20. The van der Waals surface area contributed by atoms with Crippen molar-refractivity contribution in [2.24, 2.45) is 92.1 Å². The number of carbonyl (C=O) groups excluding carboxylic acids is 18. The van der Waals surface area contributed by atoms with Gasteiger partial charge >= 0.3 is 5.97 Å². The van der Waals surface area contributed by atoms with Gasteiger partial charge in [-0.1, -0.05) is 132 Å². The van der Waals surface area contributed by atoms with E-state index in [2.05, 4.69) is 90.1 Å². The van der Waals surface area contributed by atoms with E-state index in [4.69, 9.17) is 56.3 Å². The second-order valence-corrected chi connectivity index (χ2v) is 38.3. The number of primary amides is 1. The Bertz CT molecular complexity index is 4190. The SMILES string of the molecule is CC[C@@H](C)[C@@H](NC(=O)[C@@H](CCC(N)=O)NC(=O)[C@H](CCCCNC(=O)[C@H](CCCCN)NC(=O)[C@H](CCCCN)NC(=O)[C@H](CCCCN)NC(=O)[C@H](CCCCN)NC(=O)[C@H](CCCCN)NC(=O)[C@@H](N)CCCN=C(N)N)NC(=O)[C@@H](NC(=O)[C@@H](Cc1ccccc1)NC)[C@@H](C)CC)C(=O)N[C@H](C(=O)N[C@@H](CO)C(=O)N[C@H]1C(=O)C[C@@H](C)C(=O)N[C@@H](CC(C)C)C(=O)N[C@@H]([C@@H](C)CC)C(=O)O[C@H]1C)[C@@H](C)CC. The summed E-state index contributed by atoms with van der Waals surface area (Å²) in [7, 11) is 1.59. The van der Waals surface area contributed by atoms with Crippen LogP contribution in [0, 0.1) is 35.5 Å². The highest BCUT2D eigenvalue weighted by Crippen LogP contribution is 2.22. The zero-order chi connectivity index (χ0) is 108. The lowest BCUT2D eigenvalue weighted by molar-refractivity contribution is -0.157. The molecule has 0 bridgehead atoms. The van der Waals surface area contributed by atoms with Gasteiger partial charge in [-0.2, -0.15) is 0 Å². The second kappa shape index (κ2) is 71.4. The molecule has 46 heteroatoms. The molecule has 1 saturated heterocycles. The van der Waals surface area contributed by atoms with Crippen molar-refractivity contribution < 1.29 is 96.1 Å². The first-order valence-electron chi connectivity index (χ1n) is 51.6. The Balaban J connectivity index is 2.70. The number of Topliss-reactive ketones (excluding diaryl/α,β-unsaturated/α-hetero) is 1. The molecule has 35 N–H and O–H groups in total. The number of guanidine groups is 1. The third kappa shape index (κ3) is 48.2. The number of hydrogen-bond donors (Lipinski definition) is 26. The molecule has 0 spiro atoms. The number of amides is 16. The van der Waals surface area contributed by atoms with Crippen molar-refractivity contribution in [1.29, 1.82) is 0 Å². The molecule has 144 heavy (non-hydrogen) atoms. The zero-order valence-electron chi connectivity index (χ0n) is 87.2. The Labute approximate surface area is 849 Å². The number of ketones is 1. The number of aliphatic imine (C=N–C) groups is 1. The van der Waals surface area contributed by atoms with E-state index in [-0.39, 0.29) is 135 Å². The van der Waals surface area contributed by atoms with Crippen LogP contribution in [-0.4, -0.2) is 280 Å². The van der Waals surface area contributed by atoms with Gasteiger partial charge in [-0.3, -0.25) is 86.5 Å². The number of cyclic esters (lactones) is 1. The molecule has 1 aromatic carbocycles. The summed E-state index contributed by atoms with van der Waals surface area (Å²) in [6.45, 7) is 20.3. The topological polar surface area (TPSA) is 776 Å². The molecule has 22 atom stereocenters. The number of nitrogens with zero attached hydrogens (tertiary/aromatic N) is 1. The first-order chi connectivity index (χ1) is 68.4. The van der Waals surface area contributed by atoms with Gasteiger partial charge in [0, 0.05) is 31.8 Å². The fraction of sp³-hybridized carbons (Fsp3) is 0.745. The lowest BCUT2D eigenvalue weighted by Gasteiger charge is -2.31. The van der Waals surface area contributed by atoms with Gasteiger partial charge in [-0.05, 0) is 230 Å². The molecule has 0 radical (unpaired) electrons. The van der Waals surface area contributed by atoms with Crippen LogP contribution in [0.1, 0.15) is 268 Å². The Morgan fingerprint density at radius 3 is 1.20 bits per heavy atom. The van der Waals surface area contributed by atoms with Crippen LogP contribution in [0.5, 0.6) is 0 Å². The van der Waals surface area contributed by atoms with Crippen LogP contribution in [0.2, 0.25) is 0 Å². The number of hydrogen-bond acceptors (Lipinski definition) is 28. The summed E-state index contributed by atoms with van der Waals surface area (Å²) in [6, 6.07) is -12.5. The fourth-order valence-electron chi connectivity index (χ4n) is 16.0. The first kappa shape index (κ1) is 129. The molecule has 1 heterocycles. The normalized spacial score (nSPS) is 18.7. The molecule has 1 aliphatic rings. The highest BCUT2D eigenvalue weighted by molar-refractivity contribution is 6.01. The molecule has 1 aliphatic heterocycles. The number of esters is 1. The van der Waals surface area contributed by atoms with E-state index < -0.39 is 264 Å².